The highest BCUT2D eigenvalue weighted by Gasteiger charge is 2.16. The number of aryl methyl sites for hydroxylation is 2. The zero-order valence-corrected chi connectivity index (χ0v) is 36.7. The molecule has 1 aromatic rings. The van der Waals surface area contributed by atoms with E-state index in [1.807, 2.05) is 0 Å². The average molecular weight is 728 g/mol. The van der Waals surface area contributed by atoms with Crippen LogP contribution in [0.25, 0.3) is 0 Å². The minimum absolute atomic E-state index is 1.23. The Morgan fingerprint density at radius 3 is 0.923 bits per heavy atom. The van der Waals surface area contributed by atoms with Gasteiger partial charge in [-0.3, -0.25) is 0 Å². The number of rotatable bonds is 44. The van der Waals surface area contributed by atoms with Crippen LogP contribution in [0, 0.1) is 0 Å². The molecule has 0 radical (unpaired) electrons. The molecule has 0 unspecified atom stereocenters. The Kier molecular flexibility index (Phi) is 39.2. The van der Waals surface area contributed by atoms with Crippen LogP contribution in [-0.2, 0) is 19.5 Å². The predicted molar refractivity (Wildman–Crippen MR) is 235 cm³/mol. The quantitative estimate of drug-likeness (QED) is 0.0467. The van der Waals surface area contributed by atoms with Crippen LogP contribution in [-0.4, -0.2) is 4.57 Å². The van der Waals surface area contributed by atoms with E-state index in [9.17, 15) is 0 Å². The van der Waals surface area contributed by atoms with Gasteiger partial charge < -0.3 is 0 Å². The molecule has 0 saturated carbocycles. The lowest BCUT2D eigenvalue weighted by Crippen LogP contribution is -2.37. The molecule has 308 valence electrons. The van der Waals surface area contributed by atoms with Gasteiger partial charge in [-0.05, 0) is 32.1 Å². The lowest BCUT2D eigenvalue weighted by Gasteiger charge is -2.07. The van der Waals surface area contributed by atoms with Gasteiger partial charge in [0.25, 0.3) is 5.82 Å². The SMILES string of the molecule is CCCCCCCCCCCCCCCCCCCn1cc[n+](CCCCCCCCCCCCCCCC)c1CCCCCCCCCCCC. The van der Waals surface area contributed by atoms with E-state index in [1.54, 1.807) is 5.82 Å². The summed E-state index contributed by atoms with van der Waals surface area (Å²) >= 11 is 0. The summed E-state index contributed by atoms with van der Waals surface area (Å²) in [6, 6.07) is 0. The fourth-order valence-electron chi connectivity index (χ4n) is 8.45. The second-order valence-electron chi connectivity index (χ2n) is 17.3. The normalized spacial score (nSPS) is 11.7. The summed E-state index contributed by atoms with van der Waals surface area (Å²) in [5.74, 6) is 1.63. The van der Waals surface area contributed by atoms with Gasteiger partial charge >= 0.3 is 0 Å². The molecule has 0 bridgehead atoms. The molecule has 0 aromatic carbocycles. The molecule has 0 aliphatic heterocycles. The van der Waals surface area contributed by atoms with Gasteiger partial charge in [0.05, 0.1) is 13.1 Å². The van der Waals surface area contributed by atoms with E-state index in [4.69, 9.17) is 0 Å². The fraction of sp³-hybridized carbons (Fsp3) is 0.940. The van der Waals surface area contributed by atoms with Crippen LogP contribution in [0.2, 0.25) is 0 Å². The lowest BCUT2D eigenvalue weighted by molar-refractivity contribution is -0.704. The third-order valence-electron chi connectivity index (χ3n) is 12.1. The first-order valence-corrected chi connectivity index (χ1v) is 24.9. The third-order valence-corrected chi connectivity index (χ3v) is 12.1. The summed E-state index contributed by atoms with van der Waals surface area (Å²) in [6.45, 7) is 9.42. The predicted octanol–water partition coefficient (Wildman–Crippen LogP) is 17.4. The van der Waals surface area contributed by atoms with E-state index >= 15 is 0 Å². The molecule has 1 heterocycles. The fourth-order valence-corrected chi connectivity index (χ4v) is 8.45. The molecule has 2 nitrogen and oxygen atoms in total. The van der Waals surface area contributed by atoms with Crippen LogP contribution in [0.15, 0.2) is 12.4 Å². The van der Waals surface area contributed by atoms with Gasteiger partial charge in [0.2, 0.25) is 0 Å². The molecule has 2 heteroatoms. The van der Waals surface area contributed by atoms with Gasteiger partial charge in [-0.2, -0.15) is 0 Å². The van der Waals surface area contributed by atoms with Crippen LogP contribution in [0.3, 0.4) is 0 Å². The highest BCUT2D eigenvalue weighted by Crippen LogP contribution is 2.17. The molecule has 1 rings (SSSR count). The van der Waals surface area contributed by atoms with E-state index in [0.29, 0.717) is 0 Å². The molecule has 0 N–H and O–H groups in total. The van der Waals surface area contributed by atoms with Crippen LogP contribution >= 0.6 is 0 Å². The molecular weight excluding hydrogens is 629 g/mol. The summed E-state index contributed by atoms with van der Waals surface area (Å²) < 4.78 is 5.31. The van der Waals surface area contributed by atoms with Crippen molar-refractivity contribution in [1.82, 2.24) is 4.57 Å². The first-order chi connectivity index (χ1) is 25.8. The molecule has 0 aliphatic rings. The van der Waals surface area contributed by atoms with Crippen molar-refractivity contribution in [2.45, 2.75) is 304 Å². The topological polar surface area (TPSA) is 8.81 Å². The summed E-state index contributed by atoms with van der Waals surface area (Å²) in [6.07, 6.45) is 65.3. The molecular formula is C50H99N2+. The van der Waals surface area contributed by atoms with Crippen molar-refractivity contribution in [2.75, 3.05) is 0 Å². The van der Waals surface area contributed by atoms with Crippen molar-refractivity contribution in [3.63, 3.8) is 0 Å². The number of nitrogens with zero attached hydrogens (tertiary/aromatic N) is 2. The largest absolute Gasteiger partial charge is 0.256 e. The van der Waals surface area contributed by atoms with Crippen LogP contribution in [0.5, 0.6) is 0 Å². The van der Waals surface area contributed by atoms with E-state index < -0.39 is 0 Å². The number of imidazole rings is 1. The van der Waals surface area contributed by atoms with Crippen molar-refractivity contribution in [3.05, 3.63) is 18.2 Å². The molecule has 0 amide bonds. The first-order valence-electron chi connectivity index (χ1n) is 24.9. The number of hydrogen-bond donors (Lipinski definition) is 0. The summed E-state index contributed by atoms with van der Waals surface area (Å²) in [5, 5.41) is 0. The lowest BCUT2D eigenvalue weighted by atomic mass is 10.0. The molecule has 0 aliphatic carbocycles. The Bertz CT molecular complexity index is 796. The van der Waals surface area contributed by atoms with E-state index in [2.05, 4.69) is 42.3 Å². The monoisotopic (exact) mass is 728 g/mol. The Morgan fingerprint density at radius 2 is 0.596 bits per heavy atom. The van der Waals surface area contributed by atoms with Gasteiger partial charge in [0.15, 0.2) is 0 Å². The molecule has 1 aromatic heterocycles. The van der Waals surface area contributed by atoms with E-state index in [0.717, 1.165) is 0 Å². The van der Waals surface area contributed by atoms with Gasteiger partial charge in [-0.25, -0.2) is 9.13 Å². The smallest absolute Gasteiger partial charge is 0.234 e. The van der Waals surface area contributed by atoms with Crippen LogP contribution in [0.1, 0.15) is 290 Å². The average Bonchev–Trinajstić information content (AvgIpc) is 3.54. The molecule has 52 heavy (non-hydrogen) atoms. The maximum absolute atomic E-state index is 2.66. The molecule has 0 saturated heterocycles. The van der Waals surface area contributed by atoms with Crippen LogP contribution in [0.4, 0.5) is 0 Å². The third kappa shape index (κ3) is 32.6. The Balaban J connectivity index is 2.22. The Hall–Kier alpha value is -0.790. The molecule has 0 spiro atoms. The zero-order valence-electron chi connectivity index (χ0n) is 36.7. The minimum atomic E-state index is 1.23. The maximum atomic E-state index is 2.66. The van der Waals surface area contributed by atoms with Crippen molar-refractivity contribution >= 4 is 0 Å². The van der Waals surface area contributed by atoms with Gasteiger partial charge in [-0.15, -0.1) is 0 Å². The minimum Gasteiger partial charge on any atom is -0.234 e. The number of aromatic nitrogens is 2. The van der Waals surface area contributed by atoms with E-state index in [-0.39, 0.29) is 0 Å². The molecule has 0 fully saturated rings. The second-order valence-corrected chi connectivity index (χ2v) is 17.3. The number of hydrogen-bond acceptors (Lipinski definition) is 0. The van der Waals surface area contributed by atoms with E-state index in [1.165, 1.54) is 283 Å². The summed E-state index contributed by atoms with van der Waals surface area (Å²) in [5.41, 5.74) is 0. The molecule has 0 atom stereocenters. The first kappa shape index (κ1) is 49.2. The van der Waals surface area contributed by atoms with Crippen molar-refractivity contribution in [1.29, 1.82) is 0 Å². The standard InChI is InChI=1S/C50H99N2/c1-4-7-10-13-16-19-22-24-26-27-28-30-32-35-38-41-44-47-52-49-48-51(50(52)45-42-39-36-33-21-18-15-12-9-6-3)46-43-40-37-34-31-29-25-23-20-17-14-11-8-5-2/h48-49H,4-47H2,1-3H3/q+1. The zero-order chi connectivity index (χ0) is 37.3. The second kappa shape index (κ2) is 41.4. The van der Waals surface area contributed by atoms with Crippen molar-refractivity contribution in [3.8, 4) is 0 Å². The highest BCUT2D eigenvalue weighted by atomic mass is 15.1. The number of unbranched alkanes of at least 4 members (excludes halogenated alkanes) is 38. The van der Waals surface area contributed by atoms with Gasteiger partial charge in [0.1, 0.15) is 12.4 Å². The maximum Gasteiger partial charge on any atom is 0.256 e. The van der Waals surface area contributed by atoms with Crippen LogP contribution < -0.4 is 4.57 Å². The summed E-state index contributed by atoms with van der Waals surface area (Å²) in [7, 11) is 0. The highest BCUT2D eigenvalue weighted by molar-refractivity contribution is 4.84. The van der Waals surface area contributed by atoms with Gasteiger partial charge in [-0.1, -0.05) is 252 Å². The Morgan fingerprint density at radius 1 is 0.327 bits per heavy atom. The van der Waals surface area contributed by atoms with Gasteiger partial charge in [0, 0.05) is 6.42 Å². The van der Waals surface area contributed by atoms with Crippen molar-refractivity contribution in [2.24, 2.45) is 0 Å². The van der Waals surface area contributed by atoms with Crippen molar-refractivity contribution < 1.29 is 4.57 Å². The Labute approximate surface area is 329 Å². The summed E-state index contributed by atoms with van der Waals surface area (Å²) in [4.78, 5) is 0.